The number of anilines is 1. The van der Waals surface area contributed by atoms with E-state index in [2.05, 4.69) is 10.6 Å². The standard InChI is InChI=1S/C16H24ClN3O3S/c1-3-20(4-2)24(22,23)15-9-13(7-8-14(15)17)19-16(21)11-18-10-12-5-6-12/h7-9,12,18H,3-6,10-11H2,1-2H3,(H,19,21). The molecule has 0 bridgehead atoms. The van der Waals surface area contributed by atoms with Crippen molar-refractivity contribution < 1.29 is 13.2 Å². The lowest BCUT2D eigenvalue weighted by molar-refractivity contribution is -0.115. The van der Waals surface area contributed by atoms with Gasteiger partial charge in [0.1, 0.15) is 4.90 Å². The molecule has 134 valence electrons. The molecular formula is C16H24ClN3O3S. The van der Waals surface area contributed by atoms with Crippen molar-refractivity contribution in [3.05, 3.63) is 23.2 Å². The van der Waals surface area contributed by atoms with E-state index in [0.717, 1.165) is 6.54 Å². The molecule has 0 unspecified atom stereocenters. The van der Waals surface area contributed by atoms with Crippen LogP contribution in [0.2, 0.25) is 5.02 Å². The molecule has 1 aliphatic carbocycles. The summed E-state index contributed by atoms with van der Waals surface area (Å²) in [5.74, 6) is 0.489. The van der Waals surface area contributed by atoms with Gasteiger partial charge in [-0.05, 0) is 43.5 Å². The van der Waals surface area contributed by atoms with Crippen LogP contribution in [0.1, 0.15) is 26.7 Å². The van der Waals surface area contributed by atoms with Crippen molar-refractivity contribution >= 4 is 33.2 Å². The van der Waals surface area contributed by atoms with E-state index < -0.39 is 10.0 Å². The van der Waals surface area contributed by atoms with E-state index in [1.54, 1.807) is 19.9 Å². The van der Waals surface area contributed by atoms with E-state index in [-0.39, 0.29) is 22.4 Å². The predicted octanol–water partition coefficient (Wildman–Crippen LogP) is 2.31. The Labute approximate surface area is 148 Å². The Morgan fingerprint density at radius 2 is 1.96 bits per heavy atom. The van der Waals surface area contributed by atoms with Gasteiger partial charge in [-0.2, -0.15) is 4.31 Å². The van der Waals surface area contributed by atoms with E-state index in [9.17, 15) is 13.2 Å². The van der Waals surface area contributed by atoms with Crippen LogP contribution in [-0.4, -0.2) is 44.8 Å². The molecule has 0 aromatic heterocycles. The van der Waals surface area contributed by atoms with Crippen LogP contribution in [0.4, 0.5) is 5.69 Å². The van der Waals surface area contributed by atoms with E-state index in [1.165, 1.54) is 29.3 Å². The van der Waals surface area contributed by atoms with Crippen molar-refractivity contribution in [3.63, 3.8) is 0 Å². The fourth-order valence-electron chi connectivity index (χ4n) is 2.40. The number of nitrogens with one attached hydrogen (secondary N) is 2. The Kier molecular flexibility index (Phi) is 6.62. The molecule has 0 aliphatic heterocycles. The van der Waals surface area contributed by atoms with Gasteiger partial charge in [-0.1, -0.05) is 25.4 Å². The zero-order chi connectivity index (χ0) is 17.7. The summed E-state index contributed by atoms with van der Waals surface area (Å²) in [4.78, 5) is 12.0. The first kappa shape index (κ1) is 19.2. The minimum absolute atomic E-state index is 0.0107. The number of carbonyl (C=O) groups excluding carboxylic acids is 1. The Balaban J connectivity index is 2.08. The van der Waals surface area contributed by atoms with Gasteiger partial charge in [0.2, 0.25) is 15.9 Å². The van der Waals surface area contributed by atoms with Gasteiger partial charge in [-0.15, -0.1) is 0 Å². The average Bonchev–Trinajstić information content (AvgIpc) is 3.34. The molecule has 0 atom stereocenters. The summed E-state index contributed by atoms with van der Waals surface area (Å²) in [7, 11) is -3.68. The van der Waals surface area contributed by atoms with Crippen molar-refractivity contribution in [2.45, 2.75) is 31.6 Å². The molecule has 8 heteroatoms. The molecule has 1 fully saturated rings. The predicted molar refractivity (Wildman–Crippen MR) is 95.8 cm³/mol. The Morgan fingerprint density at radius 1 is 1.29 bits per heavy atom. The Morgan fingerprint density at radius 3 is 2.54 bits per heavy atom. The van der Waals surface area contributed by atoms with Crippen LogP contribution < -0.4 is 10.6 Å². The number of nitrogens with zero attached hydrogens (tertiary/aromatic N) is 1. The summed E-state index contributed by atoms with van der Waals surface area (Å²) >= 11 is 6.07. The SMILES string of the molecule is CCN(CC)S(=O)(=O)c1cc(NC(=O)CNCC2CC2)ccc1Cl. The van der Waals surface area contributed by atoms with Gasteiger partial charge >= 0.3 is 0 Å². The smallest absolute Gasteiger partial charge is 0.244 e. The third kappa shape index (κ3) is 4.92. The van der Waals surface area contributed by atoms with Gasteiger partial charge in [0, 0.05) is 18.8 Å². The van der Waals surface area contributed by atoms with Crippen molar-refractivity contribution in [2.75, 3.05) is 31.5 Å². The van der Waals surface area contributed by atoms with Crippen molar-refractivity contribution in [3.8, 4) is 0 Å². The van der Waals surface area contributed by atoms with Gasteiger partial charge in [-0.25, -0.2) is 8.42 Å². The second-order valence-corrected chi connectivity index (χ2v) is 8.17. The van der Waals surface area contributed by atoms with E-state index >= 15 is 0 Å². The fraction of sp³-hybridized carbons (Fsp3) is 0.562. The first-order valence-corrected chi connectivity index (χ1v) is 10.0. The van der Waals surface area contributed by atoms with Crippen molar-refractivity contribution in [1.29, 1.82) is 0 Å². The first-order valence-electron chi connectivity index (χ1n) is 8.18. The summed E-state index contributed by atoms with van der Waals surface area (Å²) in [6.45, 7) is 5.30. The molecule has 0 heterocycles. The van der Waals surface area contributed by atoms with Crippen LogP contribution in [0.5, 0.6) is 0 Å². The Hall–Kier alpha value is -1.15. The Bertz CT molecular complexity index is 686. The molecule has 1 saturated carbocycles. The molecule has 2 rings (SSSR count). The number of hydrogen-bond donors (Lipinski definition) is 2. The second-order valence-electron chi connectivity index (χ2n) is 5.86. The van der Waals surface area contributed by atoms with Crippen LogP contribution >= 0.6 is 11.6 Å². The third-order valence-corrected chi connectivity index (χ3v) is 6.49. The molecule has 0 saturated heterocycles. The summed E-state index contributed by atoms with van der Waals surface area (Å²) < 4.78 is 26.6. The lowest BCUT2D eigenvalue weighted by atomic mass is 10.3. The monoisotopic (exact) mass is 373 g/mol. The van der Waals surface area contributed by atoms with Crippen LogP contribution in [-0.2, 0) is 14.8 Å². The number of amides is 1. The summed E-state index contributed by atoms with van der Waals surface area (Å²) in [6.07, 6.45) is 2.44. The van der Waals surface area contributed by atoms with Gasteiger partial charge in [-0.3, -0.25) is 4.79 Å². The van der Waals surface area contributed by atoms with E-state index in [0.29, 0.717) is 24.7 Å². The molecular weight excluding hydrogens is 350 g/mol. The summed E-state index contributed by atoms with van der Waals surface area (Å²) in [5.41, 5.74) is 0.420. The third-order valence-electron chi connectivity index (χ3n) is 3.95. The van der Waals surface area contributed by atoms with Gasteiger partial charge in [0.15, 0.2) is 0 Å². The fourth-order valence-corrected chi connectivity index (χ4v) is 4.36. The number of sulfonamides is 1. The van der Waals surface area contributed by atoms with Gasteiger partial charge in [0.05, 0.1) is 11.6 Å². The first-order chi connectivity index (χ1) is 11.4. The molecule has 2 N–H and O–H groups in total. The van der Waals surface area contributed by atoms with Crippen LogP contribution in [0, 0.1) is 5.92 Å². The maximum Gasteiger partial charge on any atom is 0.244 e. The summed E-state index contributed by atoms with van der Waals surface area (Å²) in [6, 6.07) is 4.50. The highest BCUT2D eigenvalue weighted by atomic mass is 35.5. The van der Waals surface area contributed by atoms with Crippen molar-refractivity contribution in [2.24, 2.45) is 5.92 Å². The van der Waals surface area contributed by atoms with E-state index in [4.69, 9.17) is 11.6 Å². The number of hydrogen-bond acceptors (Lipinski definition) is 4. The highest BCUT2D eigenvalue weighted by molar-refractivity contribution is 7.89. The van der Waals surface area contributed by atoms with Crippen LogP contribution in [0.25, 0.3) is 0 Å². The maximum absolute atomic E-state index is 12.6. The number of rotatable bonds is 9. The molecule has 1 aromatic rings. The lowest BCUT2D eigenvalue weighted by Crippen LogP contribution is -2.31. The highest BCUT2D eigenvalue weighted by Crippen LogP contribution is 2.28. The molecule has 0 radical (unpaired) electrons. The summed E-state index contributed by atoms with van der Waals surface area (Å²) in [5, 5.41) is 5.95. The molecule has 6 nitrogen and oxygen atoms in total. The van der Waals surface area contributed by atoms with Gasteiger partial charge < -0.3 is 10.6 Å². The van der Waals surface area contributed by atoms with Gasteiger partial charge in [0.25, 0.3) is 0 Å². The lowest BCUT2D eigenvalue weighted by Gasteiger charge is -2.19. The second kappa shape index (κ2) is 8.29. The molecule has 0 spiro atoms. The maximum atomic E-state index is 12.6. The largest absolute Gasteiger partial charge is 0.325 e. The molecule has 1 amide bonds. The molecule has 24 heavy (non-hydrogen) atoms. The van der Waals surface area contributed by atoms with Crippen LogP contribution in [0.15, 0.2) is 23.1 Å². The van der Waals surface area contributed by atoms with Crippen LogP contribution in [0.3, 0.4) is 0 Å². The topological polar surface area (TPSA) is 78.5 Å². The highest BCUT2D eigenvalue weighted by Gasteiger charge is 2.25. The minimum atomic E-state index is -3.68. The zero-order valence-electron chi connectivity index (χ0n) is 14.0. The van der Waals surface area contributed by atoms with Crippen molar-refractivity contribution in [1.82, 2.24) is 9.62 Å². The minimum Gasteiger partial charge on any atom is -0.325 e. The molecule has 1 aromatic carbocycles. The number of benzene rings is 1. The number of halogens is 1. The number of carbonyl (C=O) groups is 1. The van der Waals surface area contributed by atoms with E-state index in [1.807, 2.05) is 0 Å². The molecule has 1 aliphatic rings. The normalized spacial score (nSPS) is 14.8. The average molecular weight is 374 g/mol. The quantitative estimate of drug-likeness (QED) is 0.696. The zero-order valence-corrected chi connectivity index (χ0v) is 15.6.